The van der Waals surface area contributed by atoms with Crippen LogP contribution >= 0.6 is 11.8 Å². The number of thioether (sulfide) groups is 1. The van der Waals surface area contributed by atoms with Crippen molar-refractivity contribution in [3.8, 4) is 6.07 Å². The minimum absolute atomic E-state index is 0.0142. The minimum atomic E-state index is -5.08. The highest BCUT2D eigenvalue weighted by Gasteiger charge is 2.55. The van der Waals surface area contributed by atoms with E-state index in [1.807, 2.05) is 0 Å². The molecule has 0 saturated carbocycles. The number of halogens is 6. The van der Waals surface area contributed by atoms with E-state index in [2.05, 4.69) is 11.0 Å². The molecule has 3 aliphatic rings. The topological polar surface area (TPSA) is 148 Å². The summed E-state index contributed by atoms with van der Waals surface area (Å²) >= 11 is 1.70. The van der Waals surface area contributed by atoms with Gasteiger partial charge in [0.2, 0.25) is 5.91 Å². The van der Waals surface area contributed by atoms with E-state index in [9.17, 15) is 31.1 Å². The van der Waals surface area contributed by atoms with Gasteiger partial charge in [0.25, 0.3) is 0 Å². The molecule has 188 valence electrons. The van der Waals surface area contributed by atoms with Crippen molar-refractivity contribution >= 4 is 29.6 Å². The molecule has 0 aromatic carbocycles. The fourth-order valence-corrected chi connectivity index (χ4v) is 4.86. The van der Waals surface area contributed by atoms with Gasteiger partial charge in [0.1, 0.15) is 11.6 Å². The lowest BCUT2D eigenvalue weighted by molar-refractivity contribution is -0.193. The lowest BCUT2D eigenvalue weighted by Gasteiger charge is -2.33. The summed E-state index contributed by atoms with van der Waals surface area (Å²) in [5.74, 6) is -4.80. The second kappa shape index (κ2) is 11.3. The largest absolute Gasteiger partial charge is 0.490 e. The van der Waals surface area contributed by atoms with E-state index in [1.54, 1.807) is 16.7 Å². The highest BCUT2D eigenvalue weighted by Crippen LogP contribution is 2.41. The monoisotopic (exact) mass is 508 g/mol. The molecule has 3 fully saturated rings. The number of likely N-dealkylation sites (tertiary alicyclic amines) is 1. The van der Waals surface area contributed by atoms with Crippen molar-refractivity contribution in [1.29, 1.82) is 5.26 Å². The molecular weight excluding hydrogens is 486 g/mol. The summed E-state index contributed by atoms with van der Waals surface area (Å²) < 4.78 is 63.5. The molecule has 0 unspecified atom stereocenters. The summed E-state index contributed by atoms with van der Waals surface area (Å²) in [6.45, 7) is 2.75. The van der Waals surface area contributed by atoms with Gasteiger partial charge in [-0.3, -0.25) is 4.79 Å². The van der Waals surface area contributed by atoms with Crippen molar-refractivity contribution in [3.63, 3.8) is 0 Å². The number of carboxylic acid groups (broad SMARTS) is 2. The molecule has 33 heavy (non-hydrogen) atoms. The van der Waals surface area contributed by atoms with Gasteiger partial charge in [0.15, 0.2) is 0 Å². The molecule has 0 bridgehead atoms. The highest BCUT2D eigenvalue weighted by atomic mass is 32.2. The maximum absolute atomic E-state index is 12.6. The third-order valence-electron chi connectivity index (χ3n) is 4.88. The van der Waals surface area contributed by atoms with Crippen LogP contribution < -0.4 is 5.73 Å². The van der Waals surface area contributed by atoms with Crippen molar-refractivity contribution < 1.29 is 50.9 Å². The minimum Gasteiger partial charge on any atom is -0.475 e. The molecule has 0 radical (unpaired) electrons. The van der Waals surface area contributed by atoms with E-state index >= 15 is 0 Å². The number of nitrogens with zero attached hydrogens (tertiary/aromatic N) is 3. The maximum Gasteiger partial charge on any atom is 0.490 e. The smallest absolute Gasteiger partial charge is 0.475 e. The third-order valence-corrected chi connectivity index (χ3v) is 6.17. The molecule has 3 saturated heterocycles. The third kappa shape index (κ3) is 8.23. The Kier molecular flexibility index (Phi) is 9.81. The van der Waals surface area contributed by atoms with Crippen LogP contribution in [0, 0.1) is 11.3 Å². The number of rotatable bonds is 2. The zero-order valence-corrected chi connectivity index (χ0v) is 17.8. The number of fused-ring (bicyclic) bond motifs is 1. The fraction of sp³-hybridized carbons (Fsp3) is 0.765. The Labute approximate surface area is 188 Å². The number of aliphatic carboxylic acids is 2. The van der Waals surface area contributed by atoms with Crippen LogP contribution in [0.15, 0.2) is 0 Å². The summed E-state index contributed by atoms with van der Waals surface area (Å²) in [6, 6.07) is 1.94. The Morgan fingerprint density at radius 2 is 1.55 bits per heavy atom. The van der Waals surface area contributed by atoms with Gasteiger partial charge in [0, 0.05) is 18.7 Å². The first-order valence-corrected chi connectivity index (χ1v) is 10.5. The molecule has 3 heterocycles. The number of nitrogens with two attached hydrogens (primary N) is 1. The van der Waals surface area contributed by atoms with Crippen LogP contribution in [-0.2, 0) is 14.4 Å². The summed E-state index contributed by atoms with van der Waals surface area (Å²) in [4.78, 5) is 34.4. The van der Waals surface area contributed by atoms with Gasteiger partial charge in [0.05, 0.1) is 11.4 Å². The van der Waals surface area contributed by atoms with Gasteiger partial charge in [-0.05, 0) is 25.9 Å². The molecule has 3 aliphatic heterocycles. The first-order valence-electron chi connectivity index (χ1n) is 9.48. The molecule has 0 aromatic heterocycles. The number of carbonyl (C=O) groups is 3. The van der Waals surface area contributed by atoms with Crippen LogP contribution in [0.3, 0.4) is 0 Å². The number of amides is 1. The Morgan fingerprint density at radius 3 is 1.94 bits per heavy atom. The van der Waals surface area contributed by atoms with Gasteiger partial charge >= 0.3 is 24.3 Å². The Bertz CT molecular complexity index is 744. The molecule has 3 atom stereocenters. The molecule has 0 aromatic rings. The second-order valence-corrected chi connectivity index (χ2v) is 8.66. The Morgan fingerprint density at radius 1 is 1.09 bits per heavy atom. The SMILES string of the molecule is N#C[C@@H]1CS[C@H]2C[C@](N)(CN3CCCCC3)C(=O)N12.O=C(O)C(F)(F)F.O=C(O)C(F)(F)F. The summed E-state index contributed by atoms with van der Waals surface area (Å²) in [5, 5.41) is 23.5. The fourth-order valence-electron chi connectivity index (χ4n) is 3.40. The van der Waals surface area contributed by atoms with Crippen molar-refractivity contribution in [3.05, 3.63) is 0 Å². The van der Waals surface area contributed by atoms with Gasteiger partial charge < -0.3 is 25.7 Å². The molecule has 4 N–H and O–H groups in total. The average molecular weight is 508 g/mol. The van der Waals surface area contributed by atoms with E-state index < -0.39 is 29.8 Å². The van der Waals surface area contributed by atoms with E-state index in [1.165, 1.54) is 19.3 Å². The second-order valence-electron chi connectivity index (χ2n) is 7.45. The van der Waals surface area contributed by atoms with E-state index in [0.29, 0.717) is 13.0 Å². The molecule has 16 heteroatoms. The first kappa shape index (κ1) is 28.8. The summed E-state index contributed by atoms with van der Waals surface area (Å²) in [6.07, 6.45) is -5.80. The van der Waals surface area contributed by atoms with Crippen LogP contribution in [0.25, 0.3) is 0 Å². The molecule has 3 rings (SSSR count). The number of carboxylic acids is 2. The zero-order valence-electron chi connectivity index (χ0n) is 17.0. The number of nitriles is 1. The van der Waals surface area contributed by atoms with Crippen LogP contribution in [0.1, 0.15) is 25.7 Å². The Hall–Kier alpha value is -2.25. The molecule has 0 aliphatic carbocycles. The van der Waals surface area contributed by atoms with E-state index in [-0.39, 0.29) is 17.3 Å². The van der Waals surface area contributed by atoms with Gasteiger partial charge in [-0.2, -0.15) is 31.6 Å². The summed E-state index contributed by atoms with van der Waals surface area (Å²) in [5.41, 5.74) is 5.61. The van der Waals surface area contributed by atoms with Crippen LogP contribution in [0.5, 0.6) is 0 Å². The maximum atomic E-state index is 12.6. The highest BCUT2D eigenvalue weighted by molar-refractivity contribution is 8.00. The van der Waals surface area contributed by atoms with Gasteiger partial charge in [-0.1, -0.05) is 6.42 Å². The molecule has 1 amide bonds. The van der Waals surface area contributed by atoms with Crippen molar-refractivity contribution in [2.45, 2.75) is 55.0 Å². The molecule has 0 spiro atoms. The number of alkyl halides is 6. The first-order chi connectivity index (χ1) is 15.0. The predicted octanol–water partition coefficient (Wildman–Crippen LogP) is 1.63. The predicted molar refractivity (Wildman–Crippen MR) is 102 cm³/mol. The van der Waals surface area contributed by atoms with Crippen LogP contribution in [0.4, 0.5) is 26.3 Å². The van der Waals surface area contributed by atoms with Crippen molar-refractivity contribution in [1.82, 2.24) is 9.80 Å². The van der Waals surface area contributed by atoms with Crippen molar-refractivity contribution in [2.75, 3.05) is 25.4 Å². The Balaban J connectivity index is 0.000000324. The quantitative estimate of drug-likeness (QED) is 0.474. The zero-order chi connectivity index (χ0) is 25.6. The molecular formula is C17H22F6N4O5S. The van der Waals surface area contributed by atoms with Gasteiger partial charge in [-0.15, -0.1) is 11.8 Å². The number of piperidine rings is 1. The number of hydrogen-bond acceptors (Lipinski definition) is 7. The summed E-state index contributed by atoms with van der Waals surface area (Å²) in [7, 11) is 0. The lowest BCUT2D eigenvalue weighted by atomic mass is 9.97. The van der Waals surface area contributed by atoms with Crippen LogP contribution in [-0.4, -0.2) is 92.6 Å². The normalized spacial score (nSPS) is 27.5. The average Bonchev–Trinajstić information content (AvgIpc) is 3.19. The van der Waals surface area contributed by atoms with Crippen molar-refractivity contribution in [2.24, 2.45) is 5.73 Å². The number of hydrogen-bond donors (Lipinski definition) is 3. The van der Waals surface area contributed by atoms with Gasteiger partial charge in [-0.25, -0.2) is 9.59 Å². The van der Waals surface area contributed by atoms with Crippen LogP contribution in [0.2, 0.25) is 0 Å². The standard InChI is InChI=1S/C13H20N4OS.2C2HF3O2/c14-7-10-8-19-11-6-13(15,12(18)17(10)11)9-16-4-2-1-3-5-16;2*3-2(4,5)1(6)7/h10-11H,1-6,8-9,15H2;2*(H,6,7)/t10-,11+,13+;;/m1../s1. The van der Waals surface area contributed by atoms with E-state index in [0.717, 1.165) is 18.8 Å². The molecule has 9 nitrogen and oxygen atoms in total. The lowest BCUT2D eigenvalue weighted by Crippen LogP contribution is -2.57. The number of carbonyl (C=O) groups excluding carboxylic acids is 1. The van der Waals surface area contributed by atoms with E-state index in [4.69, 9.17) is 30.8 Å².